The largest absolute Gasteiger partial charge is 0.284 e. The first-order valence-electron chi connectivity index (χ1n) is 5.16. The summed E-state index contributed by atoms with van der Waals surface area (Å²) in [5.74, 6) is 0.295. The topological polar surface area (TPSA) is 46.2 Å². The van der Waals surface area contributed by atoms with Gasteiger partial charge in [0.25, 0.3) is 0 Å². The van der Waals surface area contributed by atoms with Crippen LogP contribution in [0, 0.1) is 12.8 Å². The van der Waals surface area contributed by atoms with Gasteiger partial charge in [-0.15, -0.1) is 11.6 Å². The first-order chi connectivity index (χ1) is 7.84. The van der Waals surface area contributed by atoms with E-state index in [2.05, 4.69) is 20.7 Å². The Hall–Kier alpha value is -0.260. The van der Waals surface area contributed by atoms with E-state index in [9.17, 15) is 8.42 Å². The van der Waals surface area contributed by atoms with Crippen LogP contribution in [0.5, 0.6) is 0 Å². The fraction of sp³-hybridized carbons (Fsp3) is 0.455. The Morgan fingerprint density at radius 2 is 2.12 bits per heavy atom. The van der Waals surface area contributed by atoms with Gasteiger partial charge >= 0.3 is 0 Å². The van der Waals surface area contributed by atoms with Crippen LogP contribution in [0.2, 0.25) is 0 Å². The van der Waals surface area contributed by atoms with Crippen LogP contribution in [0.1, 0.15) is 12.5 Å². The minimum absolute atomic E-state index is 0.0298. The molecule has 1 unspecified atom stereocenters. The molecule has 0 heterocycles. The number of hydrogen-bond donors (Lipinski definition) is 1. The quantitative estimate of drug-likeness (QED) is 0.835. The first kappa shape index (κ1) is 14.8. The van der Waals surface area contributed by atoms with E-state index in [1.54, 1.807) is 19.1 Å². The van der Waals surface area contributed by atoms with Gasteiger partial charge < -0.3 is 0 Å². The maximum Gasteiger partial charge on any atom is 0.233 e. The molecule has 1 N–H and O–H groups in total. The van der Waals surface area contributed by atoms with Crippen molar-refractivity contribution in [1.29, 1.82) is 0 Å². The molecule has 0 amide bonds. The third kappa shape index (κ3) is 4.85. The predicted molar refractivity (Wildman–Crippen MR) is 76.2 cm³/mol. The lowest BCUT2D eigenvalue weighted by Crippen LogP contribution is -2.22. The van der Waals surface area contributed by atoms with E-state index in [-0.39, 0.29) is 11.7 Å². The van der Waals surface area contributed by atoms with Crippen LogP contribution in [0.25, 0.3) is 0 Å². The lowest BCUT2D eigenvalue weighted by Gasteiger charge is -2.11. The van der Waals surface area contributed by atoms with E-state index in [1.807, 2.05) is 13.0 Å². The smallest absolute Gasteiger partial charge is 0.233 e. The molecule has 0 fully saturated rings. The average molecular weight is 341 g/mol. The Morgan fingerprint density at radius 1 is 1.47 bits per heavy atom. The van der Waals surface area contributed by atoms with Gasteiger partial charge in [0.1, 0.15) is 0 Å². The molecule has 3 nitrogen and oxygen atoms in total. The van der Waals surface area contributed by atoms with Crippen LogP contribution in [0.4, 0.5) is 5.69 Å². The van der Waals surface area contributed by atoms with E-state index >= 15 is 0 Å². The van der Waals surface area contributed by atoms with Crippen molar-refractivity contribution in [3.05, 3.63) is 28.2 Å². The average Bonchev–Trinajstić information content (AvgIpc) is 2.22. The van der Waals surface area contributed by atoms with Gasteiger partial charge in [0.2, 0.25) is 10.0 Å². The summed E-state index contributed by atoms with van der Waals surface area (Å²) in [6.07, 6.45) is 0. The van der Waals surface area contributed by atoms with E-state index in [0.29, 0.717) is 11.6 Å². The van der Waals surface area contributed by atoms with Gasteiger partial charge in [-0.2, -0.15) is 0 Å². The maximum atomic E-state index is 11.8. The zero-order valence-electron chi connectivity index (χ0n) is 9.70. The summed E-state index contributed by atoms with van der Waals surface area (Å²) in [7, 11) is -3.33. The zero-order chi connectivity index (χ0) is 13.1. The fourth-order valence-electron chi connectivity index (χ4n) is 1.30. The number of sulfonamides is 1. The van der Waals surface area contributed by atoms with Crippen molar-refractivity contribution in [1.82, 2.24) is 0 Å². The molecule has 1 atom stereocenters. The summed E-state index contributed by atoms with van der Waals surface area (Å²) < 4.78 is 27.0. The lowest BCUT2D eigenvalue weighted by molar-refractivity contribution is 0.588. The minimum atomic E-state index is -3.33. The maximum absolute atomic E-state index is 11.8. The molecule has 96 valence electrons. The molecule has 0 saturated heterocycles. The van der Waals surface area contributed by atoms with Crippen LogP contribution < -0.4 is 4.72 Å². The van der Waals surface area contributed by atoms with Crippen LogP contribution >= 0.6 is 27.5 Å². The van der Waals surface area contributed by atoms with Crippen molar-refractivity contribution in [2.45, 2.75) is 13.8 Å². The number of hydrogen-bond acceptors (Lipinski definition) is 2. The summed E-state index contributed by atoms with van der Waals surface area (Å²) in [6.45, 7) is 3.75. The summed E-state index contributed by atoms with van der Waals surface area (Å²) >= 11 is 8.97. The highest BCUT2D eigenvalue weighted by Gasteiger charge is 2.15. The van der Waals surface area contributed by atoms with Gasteiger partial charge in [0, 0.05) is 16.0 Å². The van der Waals surface area contributed by atoms with Crippen molar-refractivity contribution in [3.8, 4) is 0 Å². The Bertz CT molecular complexity index is 490. The lowest BCUT2D eigenvalue weighted by atomic mass is 10.2. The van der Waals surface area contributed by atoms with E-state index < -0.39 is 10.0 Å². The van der Waals surface area contributed by atoms with Gasteiger partial charge in [0.15, 0.2) is 0 Å². The monoisotopic (exact) mass is 339 g/mol. The first-order valence-corrected chi connectivity index (χ1v) is 8.14. The molecular weight excluding hydrogens is 326 g/mol. The Labute approximate surface area is 116 Å². The Morgan fingerprint density at radius 3 is 2.65 bits per heavy atom. The van der Waals surface area contributed by atoms with Crippen LogP contribution in [0.3, 0.4) is 0 Å². The molecule has 1 aromatic carbocycles. The summed E-state index contributed by atoms with van der Waals surface area (Å²) in [5, 5.41) is 0. The van der Waals surface area contributed by atoms with Crippen LogP contribution in [0.15, 0.2) is 22.7 Å². The second kappa shape index (κ2) is 6.07. The highest BCUT2D eigenvalue weighted by molar-refractivity contribution is 9.10. The number of nitrogens with one attached hydrogen (secondary N) is 1. The van der Waals surface area contributed by atoms with Gasteiger partial charge in [-0.3, -0.25) is 4.72 Å². The van der Waals surface area contributed by atoms with Gasteiger partial charge in [-0.25, -0.2) is 8.42 Å². The molecule has 17 heavy (non-hydrogen) atoms. The van der Waals surface area contributed by atoms with E-state index in [0.717, 1.165) is 10.0 Å². The fourth-order valence-corrected chi connectivity index (χ4v) is 3.35. The van der Waals surface area contributed by atoms with Gasteiger partial charge in [-0.1, -0.05) is 28.9 Å². The normalized spacial score (nSPS) is 13.4. The van der Waals surface area contributed by atoms with Crippen LogP contribution in [-0.4, -0.2) is 20.1 Å². The van der Waals surface area contributed by atoms with Crippen molar-refractivity contribution in [3.63, 3.8) is 0 Å². The molecule has 0 aromatic heterocycles. The molecule has 0 spiro atoms. The molecule has 1 aromatic rings. The number of halogens is 2. The number of benzene rings is 1. The minimum Gasteiger partial charge on any atom is -0.284 e. The summed E-state index contributed by atoms with van der Waals surface area (Å²) in [6, 6.07) is 5.34. The predicted octanol–water partition coefficient (Wildman–Crippen LogP) is 3.37. The second-order valence-corrected chi connectivity index (χ2v) is 7.04. The molecule has 0 bridgehead atoms. The third-order valence-electron chi connectivity index (χ3n) is 2.21. The highest BCUT2D eigenvalue weighted by Crippen LogP contribution is 2.21. The molecule has 0 aliphatic rings. The second-order valence-electron chi connectivity index (χ2n) is 4.11. The molecule has 0 aliphatic heterocycles. The third-order valence-corrected chi connectivity index (χ3v) is 5.15. The molecule has 0 aliphatic carbocycles. The van der Waals surface area contributed by atoms with Crippen molar-refractivity contribution >= 4 is 43.2 Å². The van der Waals surface area contributed by atoms with Crippen molar-refractivity contribution in [2.75, 3.05) is 16.4 Å². The number of aryl methyl sites for hydroxylation is 1. The van der Waals surface area contributed by atoms with Gasteiger partial charge in [-0.05, 0) is 30.5 Å². The molecule has 0 saturated carbocycles. The Kier molecular flexibility index (Phi) is 5.28. The van der Waals surface area contributed by atoms with E-state index in [1.165, 1.54) is 0 Å². The zero-order valence-corrected chi connectivity index (χ0v) is 12.9. The number of alkyl halides is 1. The van der Waals surface area contributed by atoms with E-state index in [4.69, 9.17) is 11.6 Å². The summed E-state index contributed by atoms with van der Waals surface area (Å²) in [4.78, 5) is 0. The van der Waals surface area contributed by atoms with Gasteiger partial charge in [0.05, 0.1) is 5.75 Å². The standard InChI is InChI=1S/C11H15BrClNO2S/c1-8(6-13)7-17(15,16)14-10-4-3-9(2)11(12)5-10/h3-5,8,14H,6-7H2,1-2H3. The van der Waals surface area contributed by atoms with Crippen molar-refractivity contribution in [2.24, 2.45) is 5.92 Å². The number of rotatable bonds is 5. The van der Waals surface area contributed by atoms with Crippen LogP contribution in [-0.2, 0) is 10.0 Å². The number of anilines is 1. The molecule has 0 radical (unpaired) electrons. The Balaban J connectivity index is 2.80. The van der Waals surface area contributed by atoms with Crippen molar-refractivity contribution < 1.29 is 8.42 Å². The highest BCUT2D eigenvalue weighted by atomic mass is 79.9. The summed E-state index contributed by atoms with van der Waals surface area (Å²) in [5.41, 5.74) is 1.62. The SMILES string of the molecule is Cc1ccc(NS(=O)(=O)CC(C)CCl)cc1Br. The molecule has 1 rings (SSSR count). The molecule has 6 heteroatoms. The molecular formula is C11H15BrClNO2S.